The molecule has 1 amide bonds. The molecule has 0 aliphatic rings. The van der Waals surface area contributed by atoms with Crippen molar-refractivity contribution in [1.29, 1.82) is 0 Å². The van der Waals surface area contributed by atoms with Crippen LogP contribution in [0, 0.1) is 0 Å². The van der Waals surface area contributed by atoms with Gasteiger partial charge in [0.1, 0.15) is 11.6 Å². The van der Waals surface area contributed by atoms with Crippen LogP contribution in [0.1, 0.15) is 47.1 Å². The molecule has 6 heteroatoms. The molecule has 3 rings (SSSR count). The van der Waals surface area contributed by atoms with Crippen LogP contribution in [-0.4, -0.2) is 36.6 Å². The normalized spacial score (nSPS) is 12.1. The molecule has 0 radical (unpaired) electrons. The van der Waals surface area contributed by atoms with E-state index in [-0.39, 0.29) is 12.3 Å². The molecule has 0 saturated carbocycles. The Morgan fingerprint density at radius 1 is 0.906 bits per heavy atom. The highest BCUT2D eigenvalue weighted by Gasteiger charge is 2.24. The molecule has 0 aliphatic carbocycles. The molecule has 1 atom stereocenters. The Balaban J connectivity index is 1.77. The Labute approximate surface area is 187 Å². The molecule has 0 unspecified atom stereocenters. The molecule has 32 heavy (non-hydrogen) atoms. The zero-order chi connectivity index (χ0) is 23.3. The fraction of sp³-hybridized carbons (Fsp3) is 0.269. The second-order valence-corrected chi connectivity index (χ2v) is 8.48. The minimum atomic E-state index is -0.876. The number of benzene rings is 3. The van der Waals surface area contributed by atoms with Crippen LogP contribution in [0.15, 0.2) is 66.7 Å². The van der Waals surface area contributed by atoms with Crippen LogP contribution in [-0.2, 0) is 20.7 Å². The van der Waals surface area contributed by atoms with Crippen molar-refractivity contribution in [3.05, 3.63) is 83.4 Å². The standard InChI is InChI=1S/C26H27NO5/c1-26(2,3)32-24(29)19-14-12-17(13-15-19)16-22(25(30)31-4)27-23(28)21-11-7-9-18-8-5-6-10-20(18)21/h5-15,22H,16H2,1-4H3,(H,27,28)/t22-/m0/s1. The fourth-order valence-electron chi connectivity index (χ4n) is 3.34. The van der Waals surface area contributed by atoms with Crippen molar-refractivity contribution in [2.75, 3.05) is 7.11 Å². The quantitative estimate of drug-likeness (QED) is 0.586. The molecule has 0 saturated heterocycles. The first-order chi connectivity index (χ1) is 15.2. The van der Waals surface area contributed by atoms with E-state index in [1.54, 1.807) is 57.2 Å². The van der Waals surface area contributed by atoms with E-state index in [0.717, 1.165) is 16.3 Å². The summed E-state index contributed by atoms with van der Waals surface area (Å²) in [6.45, 7) is 5.41. The molecule has 0 bridgehead atoms. The van der Waals surface area contributed by atoms with E-state index in [0.29, 0.717) is 11.1 Å². The van der Waals surface area contributed by atoms with Gasteiger partial charge in [-0.05, 0) is 55.3 Å². The van der Waals surface area contributed by atoms with Crippen molar-refractivity contribution in [3.8, 4) is 0 Å². The topological polar surface area (TPSA) is 81.7 Å². The van der Waals surface area contributed by atoms with Crippen molar-refractivity contribution in [2.24, 2.45) is 0 Å². The van der Waals surface area contributed by atoms with Gasteiger partial charge in [-0.3, -0.25) is 4.79 Å². The average molecular weight is 434 g/mol. The van der Waals surface area contributed by atoms with Crippen molar-refractivity contribution in [1.82, 2.24) is 5.32 Å². The van der Waals surface area contributed by atoms with Gasteiger partial charge in [-0.2, -0.15) is 0 Å². The van der Waals surface area contributed by atoms with Crippen molar-refractivity contribution in [2.45, 2.75) is 38.8 Å². The molecule has 3 aromatic carbocycles. The van der Waals surface area contributed by atoms with Crippen molar-refractivity contribution in [3.63, 3.8) is 0 Å². The molecule has 0 fully saturated rings. The lowest BCUT2D eigenvalue weighted by molar-refractivity contribution is -0.142. The lowest BCUT2D eigenvalue weighted by Gasteiger charge is -2.20. The maximum Gasteiger partial charge on any atom is 0.338 e. The highest BCUT2D eigenvalue weighted by Crippen LogP contribution is 2.19. The van der Waals surface area contributed by atoms with E-state index < -0.39 is 23.6 Å². The van der Waals surface area contributed by atoms with Crippen LogP contribution < -0.4 is 5.32 Å². The largest absolute Gasteiger partial charge is 0.467 e. The first-order valence-corrected chi connectivity index (χ1v) is 10.4. The third-order valence-corrected chi connectivity index (χ3v) is 4.85. The number of rotatable bonds is 6. The molecule has 0 spiro atoms. The smallest absolute Gasteiger partial charge is 0.338 e. The number of carbonyl (C=O) groups excluding carboxylic acids is 3. The Morgan fingerprint density at radius 3 is 2.22 bits per heavy atom. The third kappa shape index (κ3) is 5.72. The predicted molar refractivity (Wildman–Crippen MR) is 123 cm³/mol. The number of amides is 1. The van der Waals surface area contributed by atoms with Gasteiger partial charge in [0.2, 0.25) is 0 Å². The summed E-state index contributed by atoms with van der Waals surface area (Å²) in [5.74, 6) is -1.32. The Kier molecular flexibility index (Phi) is 6.93. The van der Waals surface area contributed by atoms with E-state index in [4.69, 9.17) is 9.47 Å². The number of methoxy groups -OCH3 is 1. The SMILES string of the molecule is COC(=O)[C@H](Cc1ccc(C(=O)OC(C)(C)C)cc1)NC(=O)c1cccc2ccccc12. The zero-order valence-electron chi connectivity index (χ0n) is 18.7. The molecule has 0 aromatic heterocycles. The number of hydrogen-bond acceptors (Lipinski definition) is 5. The minimum Gasteiger partial charge on any atom is -0.467 e. The highest BCUT2D eigenvalue weighted by molar-refractivity contribution is 6.08. The second kappa shape index (κ2) is 9.64. The predicted octanol–water partition coefficient (Wildman–Crippen LogP) is 4.31. The third-order valence-electron chi connectivity index (χ3n) is 4.85. The maximum atomic E-state index is 13.0. The van der Waals surface area contributed by atoms with E-state index in [9.17, 15) is 14.4 Å². The molecular weight excluding hydrogens is 406 g/mol. The molecular formula is C26H27NO5. The minimum absolute atomic E-state index is 0.220. The summed E-state index contributed by atoms with van der Waals surface area (Å²) in [6.07, 6.45) is 0.220. The first-order valence-electron chi connectivity index (χ1n) is 10.4. The summed E-state index contributed by atoms with van der Waals surface area (Å²) >= 11 is 0. The van der Waals surface area contributed by atoms with Gasteiger partial charge in [0.05, 0.1) is 12.7 Å². The number of hydrogen-bond donors (Lipinski definition) is 1. The Hall–Kier alpha value is -3.67. The summed E-state index contributed by atoms with van der Waals surface area (Å²) in [5.41, 5.74) is 1.08. The number of nitrogens with one attached hydrogen (secondary N) is 1. The van der Waals surface area contributed by atoms with Crippen LogP contribution in [0.4, 0.5) is 0 Å². The van der Waals surface area contributed by atoms with Gasteiger partial charge < -0.3 is 14.8 Å². The fourth-order valence-corrected chi connectivity index (χ4v) is 3.34. The Bertz CT molecular complexity index is 1120. The van der Waals surface area contributed by atoms with Gasteiger partial charge in [0.25, 0.3) is 5.91 Å². The molecule has 166 valence electrons. The van der Waals surface area contributed by atoms with E-state index >= 15 is 0 Å². The van der Waals surface area contributed by atoms with Crippen molar-refractivity contribution >= 4 is 28.6 Å². The molecule has 0 heterocycles. The van der Waals surface area contributed by atoms with Crippen LogP contribution in [0.5, 0.6) is 0 Å². The van der Waals surface area contributed by atoms with Crippen LogP contribution in [0.2, 0.25) is 0 Å². The summed E-state index contributed by atoms with van der Waals surface area (Å²) in [4.78, 5) is 37.5. The first kappa shape index (κ1) is 23.0. The summed E-state index contributed by atoms with van der Waals surface area (Å²) in [6, 6.07) is 18.9. The van der Waals surface area contributed by atoms with E-state index in [1.807, 2.05) is 30.3 Å². The van der Waals surface area contributed by atoms with Gasteiger partial charge in [0.15, 0.2) is 0 Å². The highest BCUT2D eigenvalue weighted by atomic mass is 16.6. The van der Waals surface area contributed by atoms with Crippen LogP contribution in [0.25, 0.3) is 10.8 Å². The lowest BCUT2D eigenvalue weighted by atomic mass is 10.0. The van der Waals surface area contributed by atoms with Crippen molar-refractivity contribution < 1.29 is 23.9 Å². The van der Waals surface area contributed by atoms with E-state index in [1.165, 1.54) is 7.11 Å². The zero-order valence-corrected chi connectivity index (χ0v) is 18.7. The molecule has 3 aromatic rings. The van der Waals surface area contributed by atoms with Gasteiger partial charge in [-0.15, -0.1) is 0 Å². The second-order valence-electron chi connectivity index (χ2n) is 8.48. The number of esters is 2. The maximum absolute atomic E-state index is 13.0. The number of fused-ring (bicyclic) bond motifs is 1. The molecule has 0 aliphatic heterocycles. The summed E-state index contributed by atoms with van der Waals surface area (Å²) in [7, 11) is 1.28. The average Bonchev–Trinajstić information content (AvgIpc) is 2.77. The summed E-state index contributed by atoms with van der Waals surface area (Å²) in [5, 5.41) is 4.53. The monoisotopic (exact) mass is 433 g/mol. The molecule has 1 N–H and O–H groups in total. The van der Waals surface area contributed by atoms with Gasteiger partial charge >= 0.3 is 11.9 Å². The number of ether oxygens (including phenoxy) is 2. The van der Waals surface area contributed by atoms with Crippen LogP contribution >= 0.6 is 0 Å². The van der Waals surface area contributed by atoms with Crippen LogP contribution in [0.3, 0.4) is 0 Å². The van der Waals surface area contributed by atoms with E-state index in [2.05, 4.69) is 5.32 Å². The number of carbonyl (C=O) groups is 3. The van der Waals surface area contributed by atoms with Gasteiger partial charge in [-0.1, -0.05) is 48.5 Å². The lowest BCUT2D eigenvalue weighted by Crippen LogP contribution is -2.43. The summed E-state index contributed by atoms with van der Waals surface area (Å²) < 4.78 is 10.3. The molecule has 6 nitrogen and oxygen atoms in total. The Morgan fingerprint density at radius 2 is 1.56 bits per heavy atom. The van der Waals surface area contributed by atoms with Gasteiger partial charge in [-0.25, -0.2) is 9.59 Å². The van der Waals surface area contributed by atoms with Gasteiger partial charge in [0, 0.05) is 12.0 Å².